The summed E-state index contributed by atoms with van der Waals surface area (Å²) in [5, 5.41) is 13.4. The molecule has 0 aliphatic heterocycles. The molecule has 0 aliphatic rings. The molecule has 9 heteroatoms. The van der Waals surface area contributed by atoms with Gasteiger partial charge in [-0.25, -0.2) is 4.98 Å². The molecule has 1 aromatic heterocycles. The molecule has 3 N–H and O–H groups in total. The van der Waals surface area contributed by atoms with E-state index in [0.717, 1.165) is 6.33 Å². The monoisotopic (exact) mass is 241 g/mol. The molecule has 92 valence electrons. The first kappa shape index (κ1) is 12.6. The summed E-state index contributed by atoms with van der Waals surface area (Å²) < 4.78 is 4.74. The summed E-state index contributed by atoms with van der Waals surface area (Å²) in [7, 11) is 1.25. The van der Waals surface area contributed by atoms with E-state index in [-0.39, 0.29) is 11.7 Å². The van der Waals surface area contributed by atoms with E-state index in [4.69, 9.17) is 10.5 Å². The number of nitro groups is 1. The van der Waals surface area contributed by atoms with E-state index < -0.39 is 22.6 Å². The number of ether oxygens (including phenoxy) is 1. The van der Waals surface area contributed by atoms with Crippen molar-refractivity contribution in [2.75, 3.05) is 12.4 Å². The van der Waals surface area contributed by atoms with E-state index in [9.17, 15) is 14.9 Å². The SMILES string of the molecule is COc1ncnc(NC(C)C(N)=O)c1[N+](=O)[O-]. The summed E-state index contributed by atoms with van der Waals surface area (Å²) in [6.07, 6.45) is 1.09. The molecule has 0 spiro atoms. The quantitative estimate of drug-likeness (QED) is 0.532. The van der Waals surface area contributed by atoms with Gasteiger partial charge in [0.25, 0.3) is 5.88 Å². The van der Waals surface area contributed by atoms with Gasteiger partial charge >= 0.3 is 5.69 Å². The highest BCUT2D eigenvalue weighted by Crippen LogP contribution is 2.30. The summed E-state index contributed by atoms with van der Waals surface area (Å²) in [6, 6.07) is -0.798. The van der Waals surface area contributed by atoms with Gasteiger partial charge < -0.3 is 15.8 Å². The van der Waals surface area contributed by atoms with E-state index in [1.165, 1.54) is 14.0 Å². The number of nitrogens with two attached hydrogens (primary N) is 1. The molecule has 1 atom stereocenters. The standard InChI is InChI=1S/C8H11N5O4/c1-4(6(9)14)12-7-5(13(15)16)8(17-2)11-3-10-7/h3-4H,1-2H3,(H2,9,14)(H,10,11,12). The fraction of sp³-hybridized carbons (Fsp3) is 0.375. The van der Waals surface area contributed by atoms with Gasteiger partial charge in [-0.3, -0.25) is 14.9 Å². The van der Waals surface area contributed by atoms with Crippen molar-refractivity contribution in [1.29, 1.82) is 0 Å². The normalized spacial score (nSPS) is 11.6. The maximum absolute atomic E-state index is 10.9. The van der Waals surface area contributed by atoms with E-state index in [2.05, 4.69) is 15.3 Å². The van der Waals surface area contributed by atoms with Crippen molar-refractivity contribution in [3.05, 3.63) is 16.4 Å². The smallest absolute Gasteiger partial charge is 0.372 e. The molecule has 1 rings (SSSR count). The van der Waals surface area contributed by atoms with E-state index in [0.29, 0.717) is 0 Å². The lowest BCUT2D eigenvalue weighted by Gasteiger charge is -2.11. The zero-order chi connectivity index (χ0) is 13.0. The van der Waals surface area contributed by atoms with Gasteiger partial charge in [-0.2, -0.15) is 4.98 Å². The maximum atomic E-state index is 10.9. The average Bonchev–Trinajstić information content (AvgIpc) is 2.27. The molecule has 0 aromatic carbocycles. The Bertz CT molecular complexity index is 450. The van der Waals surface area contributed by atoms with Gasteiger partial charge in [0.2, 0.25) is 11.7 Å². The van der Waals surface area contributed by atoms with Crippen LogP contribution in [-0.4, -0.2) is 34.0 Å². The largest absolute Gasteiger partial charge is 0.476 e. The third kappa shape index (κ3) is 2.77. The number of amides is 1. The highest BCUT2D eigenvalue weighted by Gasteiger charge is 2.25. The molecule has 1 amide bonds. The van der Waals surface area contributed by atoms with Crippen LogP contribution in [0.15, 0.2) is 6.33 Å². The summed E-state index contributed by atoms with van der Waals surface area (Å²) >= 11 is 0. The summed E-state index contributed by atoms with van der Waals surface area (Å²) in [6.45, 7) is 1.46. The zero-order valence-electron chi connectivity index (χ0n) is 9.21. The third-order valence-corrected chi connectivity index (χ3v) is 1.94. The number of carbonyl (C=O) groups is 1. The van der Waals surface area contributed by atoms with Crippen LogP contribution in [0, 0.1) is 10.1 Å². The lowest BCUT2D eigenvalue weighted by atomic mass is 10.3. The summed E-state index contributed by atoms with van der Waals surface area (Å²) in [5.41, 5.74) is 4.59. The second-order valence-electron chi connectivity index (χ2n) is 3.11. The lowest BCUT2D eigenvalue weighted by molar-refractivity contribution is -0.385. The Hall–Kier alpha value is -2.45. The number of rotatable bonds is 5. The fourth-order valence-electron chi connectivity index (χ4n) is 1.06. The van der Waals surface area contributed by atoms with Crippen LogP contribution in [0.25, 0.3) is 0 Å². The Morgan fingerprint density at radius 1 is 1.65 bits per heavy atom. The van der Waals surface area contributed by atoms with Gasteiger partial charge in [-0.1, -0.05) is 0 Å². The molecule has 1 unspecified atom stereocenters. The first-order chi connectivity index (χ1) is 7.97. The molecule has 0 saturated carbocycles. The van der Waals surface area contributed by atoms with E-state index >= 15 is 0 Å². The Labute approximate surface area is 96.1 Å². The first-order valence-electron chi connectivity index (χ1n) is 4.56. The molecule has 0 bridgehead atoms. The van der Waals surface area contributed by atoms with Crippen LogP contribution in [0.2, 0.25) is 0 Å². The van der Waals surface area contributed by atoms with Gasteiger partial charge in [0, 0.05) is 0 Å². The minimum Gasteiger partial charge on any atom is -0.476 e. The summed E-state index contributed by atoms with van der Waals surface area (Å²) in [4.78, 5) is 28.3. The minimum absolute atomic E-state index is 0.117. The number of nitrogens with one attached hydrogen (secondary N) is 1. The molecule has 0 saturated heterocycles. The average molecular weight is 241 g/mol. The molecule has 1 aromatic rings. The van der Waals surface area contributed by atoms with Crippen molar-refractivity contribution in [3.63, 3.8) is 0 Å². The third-order valence-electron chi connectivity index (χ3n) is 1.94. The van der Waals surface area contributed by atoms with Crippen molar-refractivity contribution < 1.29 is 14.5 Å². The number of methoxy groups -OCH3 is 1. The van der Waals surface area contributed by atoms with Crippen molar-refractivity contribution in [3.8, 4) is 5.88 Å². The van der Waals surface area contributed by atoms with Gasteiger partial charge in [0.1, 0.15) is 12.4 Å². The molecular weight excluding hydrogens is 230 g/mol. The van der Waals surface area contributed by atoms with Gasteiger partial charge in [0.05, 0.1) is 12.0 Å². The highest BCUT2D eigenvalue weighted by molar-refractivity contribution is 5.83. The Kier molecular flexibility index (Phi) is 3.75. The second kappa shape index (κ2) is 5.05. The van der Waals surface area contributed by atoms with Crippen LogP contribution >= 0.6 is 0 Å². The van der Waals surface area contributed by atoms with Gasteiger partial charge in [-0.15, -0.1) is 0 Å². The zero-order valence-corrected chi connectivity index (χ0v) is 9.21. The van der Waals surface area contributed by atoms with Crippen LogP contribution in [0.4, 0.5) is 11.5 Å². The Morgan fingerprint density at radius 3 is 2.76 bits per heavy atom. The Balaban J connectivity index is 3.14. The number of nitrogens with zero attached hydrogens (tertiary/aromatic N) is 3. The number of hydrogen-bond donors (Lipinski definition) is 2. The van der Waals surface area contributed by atoms with E-state index in [1.807, 2.05) is 0 Å². The summed E-state index contributed by atoms with van der Waals surface area (Å²) in [5.74, 6) is -0.964. The molecule has 1 heterocycles. The van der Waals surface area contributed by atoms with Crippen LogP contribution in [0.5, 0.6) is 5.88 Å². The van der Waals surface area contributed by atoms with Crippen LogP contribution in [-0.2, 0) is 4.79 Å². The predicted molar refractivity (Wildman–Crippen MR) is 57.5 cm³/mol. The molecular formula is C8H11N5O4. The van der Waals surface area contributed by atoms with Crippen LogP contribution < -0.4 is 15.8 Å². The predicted octanol–water partition coefficient (Wildman–Crippen LogP) is -0.321. The number of hydrogen-bond acceptors (Lipinski definition) is 7. The van der Waals surface area contributed by atoms with Crippen LogP contribution in [0.1, 0.15) is 6.92 Å². The molecule has 0 radical (unpaired) electrons. The molecule has 0 fully saturated rings. The van der Waals surface area contributed by atoms with Gasteiger partial charge in [-0.05, 0) is 6.92 Å². The van der Waals surface area contributed by atoms with Crippen molar-refractivity contribution in [2.45, 2.75) is 13.0 Å². The topological polar surface area (TPSA) is 133 Å². The van der Waals surface area contributed by atoms with E-state index in [1.54, 1.807) is 0 Å². The fourth-order valence-corrected chi connectivity index (χ4v) is 1.06. The minimum atomic E-state index is -0.798. The van der Waals surface area contributed by atoms with Crippen molar-refractivity contribution in [2.24, 2.45) is 5.73 Å². The number of anilines is 1. The molecule has 9 nitrogen and oxygen atoms in total. The maximum Gasteiger partial charge on any atom is 0.372 e. The Morgan fingerprint density at radius 2 is 2.29 bits per heavy atom. The number of carbonyl (C=O) groups excluding carboxylic acids is 1. The van der Waals surface area contributed by atoms with Crippen molar-refractivity contribution in [1.82, 2.24) is 9.97 Å². The van der Waals surface area contributed by atoms with Crippen LogP contribution in [0.3, 0.4) is 0 Å². The lowest BCUT2D eigenvalue weighted by Crippen LogP contribution is -2.33. The first-order valence-corrected chi connectivity index (χ1v) is 4.56. The number of primary amides is 1. The molecule has 17 heavy (non-hydrogen) atoms. The highest BCUT2D eigenvalue weighted by atomic mass is 16.6. The molecule has 0 aliphatic carbocycles. The van der Waals surface area contributed by atoms with Gasteiger partial charge in [0.15, 0.2) is 0 Å². The second-order valence-corrected chi connectivity index (χ2v) is 3.11. The van der Waals surface area contributed by atoms with Crippen molar-refractivity contribution >= 4 is 17.4 Å². The number of aromatic nitrogens is 2.